The number of aromatic nitrogens is 1. The standard InChI is InChI=1S/C30H20Br2ClN3O4/c1-39-22-9-5-8-18(13-22)30(38)40-25-11-10-20(31)12-19(25)16-34-36-29(37)28-26(17-6-3-2-4-7-17)23-14-21(32)15-24(33)27(23)35-28/h2-16,35H,1H3,(H,36,37). The Bertz CT molecular complexity index is 1770. The van der Waals surface area contributed by atoms with Gasteiger partial charge in [0.1, 0.15) is 17.2 Å². The van der Waals surface area contributed by atoms with Gasteiger partial charge in [-0.05, 0) is 54.1 Å². The molecule has 0 radical (unpaired) electrons. The minimum atomic E-state index is -0.562. The minimum Gasteiger partial charge on any atom is -0.497 e. The maximum atomic E-state index is 13.4. The van der Waals surface area contributed by atoms with Crippen LogP contribution in [0.3, 0.4) is 0 Å². The van der Waals surface area contributed by atoms with Crippen molar-refractivity contribution in [1.82, 2.24) is 10.4 Å². The Morgan fingerprint density at radius 2 is 1.75 bits per heavy atom. The van der Waals surface area contributed by atoms with Gasteiger partial charge in [0, 0.05) is 25.5 Å². The summed E-state index contributed by atoms with van der Waals surface area (Å²) >= 11 is 13.4. The van der Waals surface area contributed by atoms with Crippen molar-refractivity contribution >= 4 is 72.5 Å². The second-order valence-electron chi connectivity index (χ2n) is 8.55. The summed E-state index contributed by atoms with van der Waals surface area (Å²) in [5.41, 5.74) is 5.85. The molecular weight excluding hydrogens is 662 g/mol. The molecule has 0 saturated carbocycles. The van der Waals surface area contributed by atoms with Crippen molar-refractivity contribution < 1.29 is 19.1 Å². The summed E-state index contributed by atoms with van der Waals surface area (Å²) in [5, 5.41) is 5.42. The average Bonchev–Trinajstić information content (AvgIpc) is 3.34. The number of H-pyrrole nitrogens is 1. The van der Waals surface area contributed by atoms with Crippen LogP contribution in [0.4, 0.5) is 0 Å². The number of benzene rings is 4. The fourth-order valence-corrected chi connectivity index (χ4v) is 5.37. The highest BCUT2D eigenvalue weighted by molar-refractivity contribution is 9.10. The van der Waals surface area contributed by atoms with Gasteiger partial charge in [0.2, 0.25) is 0 Å². The molecule has 4 aromatic carbocycles. The molecule has 1 aromatic heterocycles. The van der Waals surface area contributed by atoms with Crippen molar-refractivity contribution in [2.75, 3.05) is 7.11 Å². The zero-order valence-corrected chi connectivity index (χ0v) is 24.8. The number of fused-ring (bicyclic) bond motifs is 1. The van der Waals surface area contributed by atoms with Gasteiger partial charge in [-0.3, -0.25) is 4.79 Å². The van der Waals surface area contributed by atoms with E-state index in [2.05, 4.69) is 47.4 Å². The van der Waals surface area contributed by atoms with Gasteiger partial charge >= 0.3 is 5.97 Å². The lowest BCUT2D eigenvalue weighted by molar-refractivity contribution is 0.0733. The first-order valence-corrected chi connectivity index (χ1v) is 13.9. The number of nitrogens with one attached hydrogen (secondary N) is 2. The van der Waals surface area contributed by atoms with E-state index in [1.54, 1.807) is 48.5 Å². The van der Waals surface area contributed by atoms with Crippen LogP contribution in [0.2, 0.25) is 5.02 Å². The number of halogens is 3. The van der Waals surface area contributed by atoms with E-state index < -0.39 is 11.9 Å². The SMILES string of the molecule is COc1cccc(C(=O)Oc2ccc(Br)cc2C=NNC(=O)c2[nH]c3c(Cl)cc(Br)cc3c2-c2ccccc2)c1. The molecule has 1 heterocycles. The number of rotatable bonds is 7. The van der Waals surface area contributed by atoms with Crippen molar-refractivity contribution in [3.8, 4) is 22.6 Å². The lowest BCUT2D eigenvalue weighted by atomic mass is 10.0. The van der Waals surface area contributed by atoms with Gasteiger partial charge in [0.15, 0.2) is 0 Å². The van der Waals surface area contributed by atoms with Gasteiger partial charge in [-0.2, -0.15) is 5.10 Å². The van der Waals surface area contributed by atoms with Crippen molar-refractivity contribution in [2.45, 2.75) is 0 Å². The summed E-state index contributed by atoms with van der Waals surface area (Å²) in [7, 11) is 1.52. The number of hydrazone groups is 1. The molecule has 0 spiro atoms. The van der Waals surface area contributed by atoms with Crippen LogP contribution in [-0.2, 0) is 0 Å². The molecule has 0 bridgehead atoms. The third kappa shape index (κ3) is 5.96. The van der Waals surface area contributed by atoms with E-state index >= 15 is 0 Å². The van der Waals surface area contributed by atoms with Crippen LogP contribution in [0.5, 0.6) is 11.5 Å². The molecule has 0 unspecified atom stereocenters. The third-order valence-electron chi connectivity index (χ3n) is 5.96. The fourth-order valence-electron chi connectivity index (χ4n) is 4.13. The number of hydrogen-bond donors (Lipinski definition) is 2. The Kier molecular flexibility index (Phi) is 8.35. The topological polar surface area (TPSA) is 92.8 Å². The summed E-state index contributed by atoms with van der Waals surface area (Å²) in [6, 6.07) is 25.0. The predicted octanol–water partition coefficient (Wildman–Crippen LogP) is 8.01. The molecule has 0 aliphatic carbocycles. The highest BCUT2D eigenvalue weighted by atomic mass is 79.9. The highest BCUT2D eigenvalue weighted by Gasteiger charge is 2.21. The van der Waals surface area contributed by atoms with Gasteiger partial charge in [-0.25, -0.2) is 10.2 Å². The Hall–Kier alpha value is -3.92. The van der Waals surface area contributed by atoms with Crippen LogP contribution in [0.15, 0.2) is 99.0 Å². The Morgan fingerprint density at radius 1 is 0.950 bits per heavy atom. The van der Waals surface area contributed by atoms with E-state index in [9.17, 15) is 9.59 Å². The van der Waals surface area contributed by atoms with E-state index in [4.69, 9.17) is 21.1 Å². The summed E-state index contributed by atoms with van der Waals surface area (Å²) < 4.78 is 12.3. The van der Waals surface area contributed by atoms with Crippen molar-refractivity contribution in [2.24, 2.45) is 5.10 Å². The number of hydrogen-bond acceptors (Lipinski definition) is 5. The monoisotopic (exact) mass is 679 g/mol. The van der Waals surface area contributed by atoms with Gasteiger partial charge in [0.05, 0.1) is 29.4 Å². The Labute approximate surface area is 251 Å². The van der Waals surface area contributed by atoms with Crippen LogP contribution in [-0.4, -0.2) is 30.2 Å². The molecular formula is C30H20Br2ClN3O4. The molecule has 5 rings (SSSR count). The van der Waals surface area contributed by atoms with Crippen LogP contribution < -0.4 is 14.9 Å². The van der Waals surface area contributed by atoms with Crippen LogP contribution in [0, 0.1) is 0 Å². The summed E-state index contributed by atoms with van der Waals surface area (Å²) in [6.07, 6.45) is 1.41. The van der Waals surface area contributed by atoms with Gasteiger partial charge in [0.25, 0.3) is 5.91 Å². The molecule has 40 heavy (non-hydrogen) atoms. The second kappa shape index (κ2) is 12.1. The van der Waals surface area contributed by atoms with Crippen LogP contribution >= 0.6 is 43.5 Å². The van der Waals surface area contributed by atoms with E-state index in [1.165, 1.54) is 13.3 Å². The lowest BCUT2D eigenvalue weighted by Crippen LogP contribution is -2.19. The molecule has 0 saturated heterocycles. The van der Waals surface area contributed by atoms with E-state index in [-0.39, 0.29) is 5.75 Å². The average molecular weight is 682 g/mol. The first-order valence-electron chi connectivity index (χ1n) is 11.9. The lowest BCUT2D eigenvalue weighted by Gasteiger charge is -2.09. The molecule has 0 atom stereocenters. The molecule has 200 valence electrons. The molecule has 2 N–H and O–H groups in total. The zero-order valence-electron chi connectivity index (χ0n) is 20.9. The highest BCUT2D eigenvalue weighted by Crippen LogP contribution is 2.37. The number of esters is 1. The predicted molar refractivity (Wildman–Crippen MR) is 164 cm³/mol. The van der Waals surface area contributed by atoms with E-state index in [1.807, 2.05) is 36.4 Å². The fraction of sp³-hybridized carbons (Fsp3) is 0.0333. The van der Waals surface area contributed by atoms with Gasteiger partial charge in [-0.1, -0.05) is 79.9 Å². The van der Waals surface area contributed by atoms with E-state index in [0.29, 0.717) is 38.7 Å². The normalized spacial score (nSPS) is 11.1. The largest absolute Gasteiger partial charge is 0.497 e. The number of amides is 1. The number of aromatic amines is 1. The Morgan fingerprint density at radius 3 is 2.52 bits per heavy atom. The number of carbonyl (C=O) groups is 2. The molecule has 0 aliphatic heterocycles. The molecule has 5 aromatic rings. The number of carbonyl (C=O) groups excluding carboxylic acids is 2. The minimum absolute atomic E-state index is 0.265. The van der Waals surface area contributed by atoms with Crippen LogP contribution in [0.1, 0.15) is 26.4 Å². The maximum Gasteiger partial charge on any atom is 0.343 e. The quantitative estimate of drug-likeness (QED) is 0.0788. The first-order chi connectivity index (χ1) is 19.3. The second-order valence-corrected chi connectivity index (χ2v) is 10.8. The Balaban J connectivity index is 1.42. The smallest absolute Gasteiger partial charge is 0.343 e. The maximum absolute atomic E-state index is 13.4. The summed E-state index contributed by atoms with van der Waals surface area (Å²) in [5.74, 6) is -0.228. The van der Waals surface area contributed by atoms with Crippen LogP contribution in [0.25, 0.3) is 22.0 Å². The number of ether oxygens (including phenoxy) is 2. The summed E-state index contributed by atoms with van der Waals surface area (Å²) in [4.78, 5) is 29.3. The van der Waals surface area contributed by atoms with Crippen molar-refractivity contribution in [3.63, 3.8) is 0 Å². The van der Waals surface area contributed by atoms with Gasteiger partial charge in [-0.15, -0.1) is 0 Å². The zero-order chi connectivity index (χ0) is 28.2. The molecule has 7 nitrogen and oxygen atoms in total. The first kappa shape index (κ1) is 27.6. The molecule has 0 fully saturated rings. The number of methoxy groups -OCH3 is 1. The molecule has 0 aliphatic rings. The van der Waals surface area contributed by atoms with Gasteiger partial charge < -0.3 is 14.5 Å². The summed E-state index contributed by atoms with van der Waals surface area (Å²) in [6.45, 7) is 0. The van der Waals surface area contributed by atoms with E-state index in [0.717, 1.165) is 19.9 Å². The molecule has 1 amide bonds. The van der Waals surface area contributed by atoms with Crippen molar-refractivity contribution in [1.29, 1.82) is 0 Å². The number of nitrogens with zero attached hydrogens (tertiary/aromatic N) is 1. The third-order valence-corrected chi connectivity index (χ3v) is 7.21. The molecule has 10 heteroatoms. The van der Waals surface area contributed by atoms with Crippen molar-refractivity contribution in [3.05, 3.63) is 116 Å².